The molecule has 12 N–H and O–H groups in total. The third-order valence-electron chi connectivity index (χ3n) is 5.22. The van der Waals surface area contributed by atoms with Crippen LogP contribution in [0.5, 0.6) is 0 Å². The van der Waals surface area contributed by atoms with E-state index in [1.165, 1.54) is 12.5 Å². The number of aromatic amines is 1. The fraction of sp³-hybridized carbons (Fsp3) is 0.571. The van der Waals surface area contributed by atoms with Crippen LogP contribution in [0.3, 0.4) is 0 Å². The number of aromatic nitrogens is 2. The summed E-state index contributed by atoms with van der Waals surface area (Å²) in [4.78, 5) is 78.8. The van der Waals surface area contributed by atoms with Crippen molar-refractivity contribution >= 4 is 35.6 Å². The number of rotatable bonds is 18. The Morgan fingerprint density at radius 3 is 2.08 bits per heavy atom. The molecule has 0 aromatic carbocycles. The van der Waals surface area contributed by atoms with Crippen LogP contribution in [-0.2, 0) is 35.2 Å². The molecule has 1 heterocycles. The summed E-state index contributed by atoms with van der Waals surface area (Å²) in [5, 5.41) is 25.3. The predicted octanol–water partition coefficient (Wildman–Crippen LogP) is -3.31. The van der Waals surface area contributed by atoms with Gasteiger partial charge in [0.15, 0.2) is 0 Å². The molecule has 0 bridgehead atoms. The Morgan fingerprint density at radius 1 is 0.919 bits per heavy atom. The molecule has 4 unspecified atom stereocenters. The van der Waals surface area contributed by atoms with Crippen molar-refractivity contribution in [2.75, 3.05) is 6.54 Å². The van der Waals surface area contributed by atoms with E-state index in [0.29, 0.717) is 25.1 Å². The zero-order valence-corrected chi connectivity index (χ0v) is 20.1. The Morgan fingerprint density at radius 2 is 1.54 bits per heavy atom. The average molecular weight is 527 g/mol. The fourth-order valence-corrected chi connectivity index (χ4v) is 3.24. The molecule has 0 saturated carbocycles. The number of carbonyl (C=O) groups excluding carboxylic acids is 4. The minimum Gasteiger partial charge on any atom is -0.481 e. The number of H-pyrrole nitrogens is 1. The first-order chi connectivity index (χ1) is 17.4. The third kappa shape index (κ3) is 12.0. The molecule has 0 aliphatic heterocycles. The Hall–Kier alpha value is -4.05. The number of hydrogen-bond donors (Lipinski definition) is 9. The van der Waals surface area contributed by atoms with Gasteiger partial charge in [-0.1, -0.05) is 0 Å². The second kappa shape index (κ2) is 15.8. The van der Waals surface area contributed by atoms with Gasteiger partial charge in [-0.2, -0.15) is 0 Å². The third-order valence-corrected chi connectivity index (χ3v) is 5.22. The highest BCUT2D eigenvalue weighted by Gasteiger charge is 2.31. The first-order valence-corrected chi connectivity index (χ1v) is 11.5. The number of carboxylic acids is 2. The molecule has 16 nitrogen and oxygen atoms in total. The van der Waals surface area contributed by atoms with Crippen LogP contribution in [0.1, 0.15) is 44.2 Å². The topological polar surface area (TPSA) is 286 Å². The quantitative estimate of drug-likeness (QED) is 0.0853. The number of aliphatic carboxylic acids is 2. The van der Waals surface area contributed by atoms with Crippen LogP contribution in [0.15, 0.2) is 12.5 Å². The lowest BCUT2D eigenvalue weighted by molar-refractivity contribution is -0.143. The Bertz CT molecular complexity index is 939. The monoisotopic (exact) mass is 526 g/mol. The molecule has 0 fully saturated rings. The normalized spacial score (nSPS) is 14.0. The van der Waals surface area contributed by atoms with E-state index in [0.717, 1.165) is 0 Å². The molecule has 4 atom stereocenters. The maximum Gasteiger partial charge on any atom is 0.326 e. The molecular weight excluding hydrogens is 492 g/mol. The molecule has 0 saturated heterocycles. The number of amides is 4. The van der Waals surface area contributed by atoms with Crippen LogP contribution in [0.2, 0.25) is 0 Å². The van der Waals surface area contributed by atoms with Gasteiger partial charge in [0, 0.05) is 24.7 Å². The maximum atomic E-state index is 12.9. The zero-order chi connectivity index (χ0) is 28.0. The van der Waals surface area contributed by atoms with Gasteiger partial charge in [-0.25, -0.2) is 9.78 Å². The highest BCUT2D eigenvalue weighted by molar-refractivity contribution is 5.95. The minimum atomic E-state index is -1.67. The molecule has 1 aromatic rings. The first kappa shape index (κ1) is 31.0. The fourth-order valence-electron chi connectivity index (χ4n) is 3.24. The lowest BCUT2D eigenvalue weighted by Crippen LogP contribution is -2.57. The number of carboxylic acid groups (broad SMARTS) is 2. The van der Waals surface area contributed by atoms with Gasteiger partial charge < -0.3 is 48.3 Å². The summed E-state index contributed by atoms with van der Waals surface area (Å²) < 4.78 is 0. The van der Waals surface area contributed by atoms with Crippen molar-refractivity contribution in [3.8, 4) is 0 Å². The van der Waals surface area contributed by atoms with E-state index in [4.69, 9.17) is 17.2 Å². The predicted molar refractivity (Wildman–Crippen MR) is 127 cm³/mol. The molecule has 0 aliphatic carbocycles. The second-order valence-electron chi connectivity index (χ2n) is 8.30. The first-order valence-electron chi connectivity index (χ1n) is 11.5. The van der Waals surface area contributed by atoms with Crippen LogP contribution >= 0.6 is 0 Å². The number of nitrogens with zero attached hydrogens (tertiary/aromatic N) is 1. The molecule has 0 aliphatic rings. The summed E-state index contributed by atoms with van der Waals surface area (Å²) in [6.45, 7) is 0.321. The van der Waals surface area contributed by atoms with Crippen LogP contribution in [0.25, 0.3) is 0 Å². The molecule has 0 spiro atoms. The van der Waals surface area contributed by atoms with Crippen molar-refractivity contribution < 1.29 is 39.0 Å². The number of hydrogen-bond acceptors (Lipinski definition) is 9. The standard InChI is InChI=1S/C21H34N8O8/c22-6-2-1-3-14(21(36)37)28-20(35)15(8-17(31)32)29-19(34)13(4-5-16(24)30)27-18(33)12(23)7-11-9-25-10-26-11/h9-10,12-15H,1-8,22-23H2,(H2,24,30)(H,25,26)(H,27,33)(H,28,35)(H,29,34)(H,31,32)(H,36,37). The van der Waals surface area contributed by atoms with Gasteiger partial charge in [-0.05, 0) is 32.2 Å². The molecular formula is C21H34N8O8. The number of nitrogens with two attached hydrogens (primary N) is 3. The highest BCUT2D eigenvalue weighted by Crippen LogP contribution is 2.05. The van der Waals surface area contributed by atoms with Crippen molar-refractivity contribution in [1.29, 1.82) is 0 Å². The van der Waals surface area contributed by atoms with E-state index in [2.05, 4.69) is 25.9 Å². The summed E-state index contributed by atoms with van der Waals surface area (Å²) in [6, 6.07) is -5.50. The Balaban J connectivity index is 2.96. The second-order valence-corrected chi connectivity index (χ2v) is 8.30. The van der Waals surface area contributed by atoms with Gasteiger partial charge >= 0.3 is 11.9 Å². The Labute approximate surface area is 212 Å². The zero-order valence-electron chi connectivity index (χ0n) is 20.1. The van der Waals surface area contributed by atoms with Crippen LogP contribution < -0.4 is 33.2 Å². The van der Waals surface area contributed by atoms with Crippen molar-refractivity contribution in [3.05, 3.63) is 18.2 Å². The van der Waals surface area contributed by atoms with Crippen molar-refractivity contribution in [1.82, 2.24) is 25.9 Å². The lowest BCUT2D eigenvalue weighted by atomic mass is 10.1. The number of unbranched alkanes of at least 4 members (excludes halogenated alkanes) is 1. The summed E-state index contributed by atoms with van der Waals surface area (Å²) in [7, 11) is 0. The van der Waals surface area contributed by atoms with E-state index in [1.54, 1.807) is 0 Å². The number of primary amides is 1. The van der Waals surface area contributed by atoms with Crippen LogP contribution in [0.4, 0.5) is 0 Å². The lowest BCUT2D eigenvalue weighted by Gasteiger charge is -2.24. The summed E-state index contributed by atoms with van der Waals surface area (Å²) in [5.74, 6) is -6.36. The van der Waals surface area contributed by atoms with Gasteiger partial charge in [0.05, 0.1) is 18.8 Å². The SMILES string of the molecule is NCCCCC(NC(=O)C(CC(=O)O)NC(=O)C(CCC(N)=O)NC(=O)C(N)Cc1cnc[nH]1)C(=O)O. The summed E-state index contributed by atoms with van der Waals surface area (Å²) >= 11 is 0. The minimum absolute atomic E-state index is 0.0392. The number of carbonyl (C=O) groups is 6. The van der Waals surface area contributed by atoms with E-state index < -0.39 is 66.2 Å². The largest absolute Gasteiger partial charge is 0.481 e. The molecule has 4 amide bonds. The van der Waals surface area contributed by atoms with Gasteiger partial charge in [0.25, 0.3) is 0 Å². The van der Waals surface area contributed by atoms with Crippen molar-refractivity contribution in [2.45, 2.75) is 69.1 Å². The van der Waals surface area contributed by atoms with E-state index in [9.17, 15) is 39.0 Å². The molecule has 1 aromatic heterocycles. The van der Waals surface area contributed by atoms with Gasteiger partial charge in [-0.15, -0.1) is 0 Å². The van der Waals surface area contributed by atoms with Crippen molar-refractivity contribution in [3.63, 3.8) is 0 Å². The van der Waals surface area contributed by atoms with Gasteiger partial charge in [0.1, 0.15) is 18.1 Å². The summed E-state index contributed by atoms with van der Waals surface area (Å²) in [6.07, 6.45) is 2.40. The van der Waals surface area contributed by atoms with Crippen molar-refractivity contribution in [2.24, 2.45) is 17.2 Å². The van der Waals surface area contributed by atoms with E-state index in [-0.39, 0.29) is 25.7 Å². The van der Waals surface area contributed by atoms with Crippen LogP contribution in [0, 0.1) is 0 Å². The van der Waals surface area contributed by atoms with Gasteiger partial charge in [0.2, 0.25) is 23.6 Å². The molecule has 1 rings (SSSR count). The van der Waals surface area contributed by atoms with E-state index in [1.807, 2.05) is 0 Å². The maximum absolute atomic E-state index is 12.9. The average Bonchev–Trinajstić information content (AvgIpc) is 3.32. The molecule has 206 valence electrons. The Kier molecular flexibility index (Phi) is 13.3. The summed E-state index contributed by atoms with van der Waals surface area (Å²) in [5.41, 5.74) is 17.0. The molecule has 37 heavy (non-hydrogen) atoms. The van der Waals surface area contributed by atoms with E-state index >= 15 is 0 Å². The number of imidazole rings is 1. The highest BCUT2D eigenvalue weighted by atomic mass is 16.4. The van der Waals surface area contributed by atoms with Gasteiger partial charge in [-0.3, -0.25) is 24.0 Å². The number of nitrogens with one attached hydrogen (secondary N) is 4. The molecule has 0 radical (unpaired) electrons. The molecule has 16 heteroatoms. The van der Waals surface area contributed by atoms with Crippen LogP contribution in [-0.4, -0.2) is 86.5 Å². The smallest absolute Gasteiger partial charge is 0.326 e.